The van der Waals surface area contributed by atoms with Gasteiger partial charge in [0.05, 0.1) is 17.0 Å². The molecule has 0 aromatic heterocycles. The average molecular weight is 328 g/mol. The van der Waals surface area contributed by atoms with Gasteiger partial charge in [-0.3, -0.25) is 14.4 Å². The summed E-state index contributed by atoms with van der Waals surface area (Å²) in [6.45, 7) is 0. The first-order valence-corrected chi connectivity index (χ1v) is 5.52. The van der Waals surface area contributed by atoms with Crippen molar-refractivity contribution in [2.24, 2.45) is 5.92 Å². The van der Waals surface area contributed by atoms with Gasteiger partial charge in [-0.05, 0) is 0 Å². The second kappa shape index (κ2) is 4.89. The number of carbonyl (C=O) groups is 3. The van der Waals surface area contributed by atoms with Crippen molar-refractivity contribution in [1.82, 2.24) is 0 Å². The normalized spacial score (nSPS) is 15.4. The lowest BCUT2D eigenvalue weighted by Crippen LogP contribution is -2.29. The molecule has 1 aliphatic carbocycles. The fourth-order valence-electron chi connectivity index (χ4n) is 2.05. The summed E-state index contributed by atoms with van der Waals surface area (Å²) in [5.41, 5.74) is -2.97. The maximum Gasteiger partial charge on any atom is 0.450 e. The van der Waals surface area contributed by atoms with Crippen LogP contribution < -0.4 is 0 Å². The molecular weight excluding hydrogens is 325 g/mol. The second-order valence-corrected chi connectivity index (χ2v) is 4.41. The number of benzene rings is 1. The highest BCUT2D eigenvalue weighted by Gasteiger charge is 2.49. The molecule has 0 spiro atoms. The Morgan fingerprint density at radius 2 is 1.18 bits per heavy atom. The standard InChI is InChI=1S/C12H3F7O3/c13-6-4-5(7(14)9(16)8(6)15)11(22)2(10(4)21)1-3(20)12(17,18)19/h2H,1H2. The highest BCUT2D eigenvalue weighted by atomic mass is 19.4. The molecule has 0 atom stereocenters. The van der Waals surface area contributed by atoms with Gasteiger partial charge in [0.2, 0.25) is 5.78 Å². The van der Waals surface area contributed by atoms with Gasteiger partial charge in [0.1, 0.15) is 0 Å². The maximum atomic E-state index is 13.5. The molecule has 10 heteroatoms. The van der Waals surface area contributed by atoms with Crippen LogP contribution in [0.1, 0.15) is 27.1 Å². The van der Waals surface area contributed by atoms with Crippen molar-refractivity contribution in [2.45, 2.75) is 12.6 Å². The van der Waals surface area contributed by atoms with Crippen LogP contribution in [0, 0.1) is 29.2 Å². The van der Waals surface area contributed by atoms with Gasteiger partial charge < -0.3 is 0 Å². The molecule has 1 aromatic rings. The van der Waals surface area contributed by atoms with Crippen LogP contribution in [0.2, 0.25) is 0 Å². The molecule has 1 aliphatic rings. The summed E-state index contributed by atoms with van der Waals surface area (Å²) >= 11 is 0. The third-order valence-electron chi connectivity index (χ3n) is 3.10. The third kappa shape index (κ3) is 2.18. The molecule has 2 rings (SSSR count). The highest BCUT2D eigenvalue weighted by molar-refractivity contribution is 6.27. The minimum absolute atomic E-state index is 1.48. The van der Waals surface area contributed by atoms with Crippen molar-refractivity contribution in [3.05, 3.63) is 34.4 Å². The van der Waals surface area contributed by atoms with Crippen LogP contribution >= 0.6 is 0 Å². The molecule has 0 heterocycles. The van der Waals surface area contributed by atoms with Gasteiger partial charge in [0.15, 0.2) is 34.8 Å². The van der Waals surface area contributed by atoms with Crippen LogP contribution in [0.25, 0.3) is 0 Å². The molecule has 0 amide bonds. The zero-order chi connectivity index (χ0) is 17.0. The molecule has 0 saturated heterocycles. The zero-order valence-corrected chi connectivity index (χ0v) is 10.2. The summed E-state index contributed by atoms with van der Waals surface area (Å²) in [5, 5.41) is 0. The minimum atomic E-state index is -5.37. The molecule has 0 fully saturated rings. The van der Waals surface area contributed by atoms with E-state index in [1.165, 1.54) is 0 Å². The van der Waals surface area contributed by atoms with Gasteiger partial charge in [-0.15, -0.1) is 0 Å². The van der Waals surface area contributed by atoms with E-state index >= 15 is 0 Å². The van der Waals surface area contributed by atoms with E-state index in [1.54, 1.807) is 0 Å². The number of fused-ring (bicyclic) bond motifs is 1. The van der Waals surface area contributed by atoms with Crippen LogP contribution in [0.5, 0.6) is 0 Å². The van der Waals surface area contributed by atoms with Gasteiger partial charge in [0.25, 0.3) is 0 Å². The van der Waals surface area contributed by atoms with Crippen LogP contribution in [0.15, 0.2) is 0 Å². The fraction of sp³-hybridized carbons (Fsp3) is 0.250. The van der Waals surface area contributed by atoms with E-state index in [1.807, 2.05) is 0 Å². The SMILES string of the molecule is O=C1c2c(F)c(F)c(F)c(F)c2C(=O)C1CC(=O)C(F)(F)F. The number of halogens is 7. The van der Waals surface area contributed by atoms with Gasteiger partial charge in [-0.25, -0.2) is 17.6 Å². The van der Waals surface area contributed by atoms with E-state index in [9.17, 15) is 45.1 Å². The highest BCUT2D eigenvalue weighted by Crippen LogP contribution is 2.36. The number of alkyl halides is 3. The topological polar surface area (TPSA) is 51.2 Å². The molecule has 1 aromatic carbocycles. The number of hydrogen-bond acceptors (Lipinski definition) is 3. The predicted octanol–water partition coefficient (Wildman–Crippen LogP) is 2.76. The van der Waals surface area contributed by atoms with Gasteiger partial charge in [-0.1, -0.05) is 0 Å². The lowest BCUT2D eigenvalue weighted by molar-refractivity contribution is -0.171. The Labute approximate surface area is 116 Å². The lowest BCUT2D eigenvalue weighted by Gasteiger charge is -2.08. The van der Waals surface area contributed by atoms with Crippen molar-refractivity contribution >= 4 is 17.3 Å². The van der Waals surface area contributed by atoms with Crippen molar-refractivity contribution < 1.29 is 45.1 Å². The molecular formula is C12H3F7O3. The Morgan fingerprint density at radius 3 is 1.50 bits per heavy atom. The van der Waals surface area contributed by atoms with Crippen LogP contribution in [0.4, 0.5) is 30.7 Å². The molecule has 0 aliphatic heterocycles. The Balaban J connectivity index is 2.53. The average Bonchev–Trinajstić information content (AvgIpc) is 2.66. The van der Waals surface area contributed by atoms with Crippen LogP contribution in [-0.4, -0.2) is 23.5 Å². The molecule has 0 unspecified atom stereocenters. The number of rotatable bonds is 2. The lowest BCUT2D eigenvalue weighted by atomic mass is 9.97. The monoisotopic (exact) mass is 328 g/mol. The summed E-state index contributed by atoms with van der Waals surface area (Å²) < 4.78 is 89.3. The van der Waals surface area contributed by atoms with Crippen molar-refractivity contribution in [3.63, 3.8) is 0 Å². The van der Waals surface area contributed by atoms with Crippen molar-refractivity contribution in [1.29, 1.82) is 0 Å². The van der Waals surface area contributed by atoms with Crippen molar-refractivity contribution in [3.8, 4) is 0 Å². The van der Waals surface area contributed by atoms with Crippen molar-refractivity contribution in [2.75, 3.05) is 0 Å². The smallest absolute Gasteiger partial charge is 0.293 e. The van der Waals surface area contributed by atoms with E-state index in [0.29, 0.717) is 0 Å². The number of hydrogen-bond donors (Lipinski definition) is 0. The van der Waals surface area contributed by atoms with Crippen LogP contribution in [0.3, 0.4) is 0 Å². The molecule has 3 nitrogen and oxygen atoms in total. The molecule has 0 N–H and O–H groups in total. The summed E-state index contributed by atoms with van der Waals surface area (Å²) in [7, 11) is 0. The quantitative estimate of drug-likeness (QED) is 0.363. The Morgan fingerprint density at radius 1 is 0.818 bits per heavy atom. The van der Waals surface area contributed by atoms with E-state index in [2.05, 4.69) is 0 Å². The summed E-state index contributed by atoms with van der Waals surface area (Å²) in [6, 6.07) is 0. The molecule has 22 heavy (non-hydrogen) atoms. The Kier molecular flexibility index (Phi) is 3.58. The third-order valence-corrected chi connectivity index (χ3v) is 3.10. The fourth-order valence-corrected chi connectivity index (χ4v) is 2.05. The molecule has 0 saturated carbocycles. The molecule has 0 bridgehead atoms. The van der Waals surface area contributed by atoms with Gasteiger partial charge in [0, 0.05) is 6.42 Å². The molecule has 0 radical (unpaired) electrons. The van der Waals surface area contributed by atoms with Crippen LogP contribution in [-0.2, 0) is 4.79 Å². The number of carbonyl (C=O) groups excluding carboxylic acids is 3. The van der Waals surface area contributed by atoms with Gasteiger partial charge in [-0.2, -0.15) is 13.2 Å². The number of Topliss-reactive ketones (excluding diaryl/α,β-unsaturated/α-hetero) is 3. The second-order valence-electron chi connectivity index (χ2n) is 4.41. The van der Waals surface area contributed by atoms with E-state index < -0.39 is 70.3 Å². The van der Waals surface area contributed by atoms with E-state index in [-0.39, 0.29) is 0 Å². The van der Waals surface area contributed by atoms with Gasteiger partial charge >= 0.3 is 6.18 Å². The first-order chi connectivity index (χ1) is 9.98. The Bertz CT molecular complexity index is 674. The summed E-state index contributed by atoms with van der Waals surface area (Å²) in [5.74, 6) is -17.4. The predicted molar refractivity (Wildman–Crippen MR) is 54.1 cm³/mol. The Hall–Kier alpha value is -2.26. The zero-order valence-electron chi connectivity index (χ0n) is 10.2. The first kappa shape index (κ1) is 16.1. The summed E-state index contributed by atoms with van der Waals surface area (Å²) in [4.78, 5) is 34.1. The van der Waals surface area contributed by atoms with E-state index in [4.69, 9.17) is 0 Å². The van der Waals surface area contributed by atoms with E-state index in [0.717, 1.165) is 0 Å². The summed E-state index contributed by atoms with van der Waals surface area (Å²) in [6.07, 6.45) is -7.07. The molecule has 118 valence electrons. The first-order valence-electron chi connectivity index (χ1n) is 5.52. The minimum Gasteiger partial charge on any atom is -0.293 e. The largest absolute Gasteiger partial charge is 0.450 e. The number of ketones is 3. The maximum absolute atomic E-state index is 13.5.